The lowest BCUT2D eigenvalue weighted by Crippen LogP contribution is -2.99. The third kappa shape index (κ3) is 2.04. The highest BCUT2D eigenvalue weighted by molar-refractivity contribution is 7.13. The smallest absolute Gasteiger partial charge is 0.274 e. The predicted octanol–water partition coefficient (Wildman–Crippen LogP) is 0.851. The zero-order valence-electron chi connectivity index (χ0n) is 9.61. The van der Waals surface area contributed by atoms with Crippen molar-refractivity contribution in [2.45, 2.75) is 0 Å². The number of pyridine rings is 1. The molecule has 0 aliphatic carbocycles. The molecule has 2 aromatic heterocycles. The van der Waals surface area contributed by atoms with E-state index in [9.17, 15) is 10.0 Å². The van der Waals surface area contributed by atoms with Gasteiger partial charge in [-0.3, -0.25) is 4.79 Å². The van der Waals surface area contributed by atoms with Crippen molar-refractivity contribution in [3.05, 3.63) is 58.2 Å². The van der Waals surface area contributed by atoms with Gasteiger partial charge in [0.15, 0.2) is 5.69 Å². The molecule has 7 heteroatoms. The number of nitrogens with zero attached hydrogens (tertiary/aromatic N) is 2. The summed E-state index contributed by atoms with van der Waals surface area (Å²) in [7, 11) is 0. The first kappa shape index (κ1) is 12.0. The summed E-state index contributed by atoms with van der Waals surface area (Å²) in [6, 6.07) is 9.61. The molecule has 19 heavy (non-hydrogen) atoms. The molecule has 2 heterocycles. The van der Waals surface area contributed by atoms with E-state index in [1.165, 1.54) is 27.6 Å². The van der Waals surface area contributed by atoms with Crippen molar-refractivity contribution >= 4 is 27.4 Å². The Labute approximate surface area is 111 Å². The molecule has 1 atom stereocenters. The summed E-state index contributed by atoms with van der Waals surface area (Å²) in [5.41, 5.74) is 0.685. The molecule has 3 aromatic rings. The fraction of sp³-hybridized carbons (Fsp3) is 0. The molecule has 0 saturated heterocycles. The van der Waals surface area contributed by atoms with Crippen LogP contribution >= 0.6 is 11.5 Å². The molecule has 1 unspecified atom stereocenters. The lowest BCUT2D eigenvalue weighted by Gasteiger charge is -2.11. The van der Waals surface area contributed by atoms with Crippen LogP contribution in [-0.2, 0) is 0 Å². The Balaban J connectivity index is 2.14. The first-order valence-electron chi connectivity index (χ1n) is 5.47. The maximum absolute atomic E-state index is 12.2. The molecule has 96 valence electrons. The van der Waals surface area contributed by atoms with Crippen LogP contribution in [0.4, 0.5) is 5.69 Å². The van der Waals surface area contributed by atoms with E-state index in [0.29, 0.717) is 15.9 Å². The van der Waals surface area contributed by atoms with Gasteiger partial charge in [-0.25, -0.2) is 14.1 Å². The summed E-state index contributed by atoms with van der Waals surface area (Å²) in [5, 5.41) is 19.2. The van der Waals surface area contributed by atoms with Crippen LogP contribution in [0.15, 0.2) is 47.4 Å². The van der Waals surface area contributed by atoms with Crippen LogP contribution in [0.2, 0.25) is 0 Å². The zero-order chi connectivity index (χ0) is 13.4. The van der Waals surface area contributed by atoms with Crippen LogP contribution < -0.4 is 10.8 Å². The molecular formula is C12H9N3O3S. The lowest BCUT2D eigenvalue weighted by molar-refractivity contribution is -0.991. The summed E-state index contributed by atoms with van der Waals surface area (Å²) in [6.07, 6.45) is 1.64. The van der Waals surface area contributed by atoms with E-state index in [4.69, 9.17) is 5.21 Å². The van der Waals surface area contributed by atoms with Gasteiger partial charge in [-0.15, -0.1) is 0 Å². The quantitative estimate of drug-likeness (QED) is 0.679. The monoisotopic (exact) mass is 275 g/mol. The standard InChI is InChI=1S/C12H9N3O3S/c16-12-10-2-1-7-13-11(10)19-14(12)8-3-5-9(6-4-8)15(17)18/h1-7,15,17H. The maximum Gasteiger partial charge on any atom is 0.274 e. The molecule has 3 rings (SSSR count). The third-order valence-electron chi connectivity index (χ3n) is 2.71. The van der Waals surface area contributed by atoms with Crippen LogP contribution in [0.5, 0.6) is 0 Å². The molecule has 6 nitrogen and oxygen atoms in total. The number of aromatic nitrogens is 2. The van der Waals surface area contributed by atoms with E-state index in [-0.39, 0.29) is 11.2 Å². The minimum Gasteiger partial charge on any atom is -0.595 e. The molecule has 0 bridgehead atoms. The van der Waals surface area contributed by atoms with Gasteiger partial charge >= 0.3 is 0 Å². The van der Waals surface area contributed by atoms with Gasteiger partial charge in [-0.1, -0.05) is 0 Å². The van der Waals surface area contributed by atoms with Crippen molar-refractivity contribution in [1.82, 2.24) is 8.94 Å². The van der Waals surface area contributed by atoms with Crippen molar-refractivity contribution in [2.75, 3.05) is 0 Å². The number of hydrogen-bond acceptors (Lipinski definition) is 5. The molecule has 0 radical (unpaired) electrons. The topological polar surface area (TPSA) is 82.6 Å². The molecule has 0 saturated carbocycles. The highest BCUT2D eigenvalue weighted by Crippen LogP contribution is 2.18. The average molecular weight is 275 g/mol. The normalized spacial score (nSPS) is 12.7. The lowest BCUT2D eigenvalue weighted by atomic mass is 10.3. The van der Waals surface area contributed by atoms with Gasteiger partial charge in [0.2, 0.25) is 0 Å². The first-order chi connectivity index (χ1) is 9.16. The number of nitrogens with one attached hydrogen (secondary N) is 1. The largest absolute Gasteiger partial charge is 0.595 e. The minimum atomic E-state index is -0.989. The SMILES string of the molecule is O=c1c2cccnc2sn1-c1ccc([NH+]([O-])O)cc1. The molecule has 0 amide bonds. The van der Waals surface area contributed by atoms with Gasteiger partial charge in [0.05, 0.1) is 11.1 Å². The molecule has 2 N–H and O–H groups in total. The summed E-state index contributed by atoms with van der Waals surface area (Å²) >= 11 is 1.24. The molecule has 0 fully saturated rings. The minimum absolute atomic E-state index is 0.142. The second kappa shape index (κ2) is 4.56. The maximum atomic E-state index is 12.2. The number of benzene rings is 1. The Bertz CT molecular complexity index is 777. The molecule has 0 aliphatic heterocycles. The fourth-order valence-electron chi connectivity index (χ4n) is 1.77. The Morgan fingerprint density at radius 1 is 1.26 bits per heavy atom. The van der Waals surface area contributed by atoms with Gasteiger partial charge in [-0.05, 0) is 35.8 Å². The summed E-state index contributed by atoms with van der Waals surface area (Å²) in [4.78, 5) is 17.0. The van der Waals surface area contributed by atoms with Gasteiger partial charge < -0.3 is 5.21 Å². The highest BCUT2D eigenvalue weighted by Gasteiger charge is 2.10. The first-order valence-corrected chi connectivity index (χ1v) is 6.25. The van der Waals surface area contributed by atoms with Crippen molar-refractivity contribution in [3.63, 3.8) is 0 Å². The highest BCUT2D eigenvalue weighted by atomic mass is 32.1. The van der Waals surface area contributed by atoms with E-state index in [0.717, 1.165) is 0 Å². The molecule has 0 aliphatic rings. The number of hydrogen-bond donors (Lipinski definition) is 2. The van der Waals surface area contributed by atoms with E-state index in [1.54, 1.807) is 30.5 Å². The van der Waals surface area contributed by atoms with Gasteiger partial charge in [0.25, 0.3) is 5.56 Å². The number of rotatable bonds is 2. The Hall–Kier alpha value is -2.06. The van der Waals surface area contributed by atoms with Gasteiger partial charge in [-0.2, -0.15) is 5.23 Å². The second-order valence-corrected chi connectivity index (χ2v) is 4.83. The van der Waals surface area contributed by atoms with Crippen LogP contribution in [0.3, 0.4) is 0 Å². The second-order valence-electron chi connectivity index (χ2n) is 3.90. The molecule has 1 aromatic carbocycles. The number of fused-ring (bicyclic) bond motifs is 1. The average Bonchev–Trinajstić information content (AvgIpc) is 2.77. The van der Waals surface area contributed by atoms with Crippen molar-refractivity contribution < 1.29 is 10.4 Å². The summed E-state index contributed by atoms with van der Waals surface area (Å²) < 4.78 is 1.50. The van der Waals surface area contributed by atoms with Crippen LogP contribution in [-0.4, -0.2) is 14.1 Å². The van der Waals surface area contributed by atoms with E-state index in [2.05, 4.69) is 4.98 Å². The van der Waals surface area contributed by atoms with Crippen LogP contribution in [0, 0.1) is 5.21 Å². The van der Waals surface area contributed by atoms with E-state index in [1.807, 2.05) is 0 Å². The van der Waals surface area contributed by atoms with Crippen LogP contribution in [0.25, 0.3) is 15.9 Å². The predicted molar refractivity (Wildman–Crippen MR) is 71.0 cm³/mol. The Morgan fingerprint density at radius 3 is 2.63 bits per heavy atom. The van der Waals surface area contributed by atoms with Crippen molar-refractivity contribution in [2.24, 2.45) is 0 Å². The van der Waals surface area contributed by atoms with Gasteiger partial charge in [0, 0.05) is 18.3 Å². The van der Waals surface area contributed by atoms with Crippen LogP contribution in [0.1, 0.15) is 0 Å². The number of quaternary nitrogens is 1. The molecular weight excluding hydrogens is 266 g/mol. The summed E-state index contributed by atoms with van der Waals surface area (Å²) in [6.45, 7) is 0. The zero-order valence-corrected chi connectivity index (χ0v) is 10.4. The summed E-state index contributed by atoms with van der Waals surface area (Å²) in [5.74, 6) is 0. The fourth-order valence-corrected chi connectivity index (χ4v) is 2.72. The molecule has 0 spiro atoms. The Kier molecular flexibility index (Phi) is 2.88. The van der Waals surface area contributed by atoms with E-state index < -0.39 is 5.23 Å². The Morgan fingerprint density at radius 2 is 2.00 bits per heavy atom. The van der Waals surface area contributed by atoms with E-state index >= 15 is 0 Å². The van der Waals surface area contributed by atoms with Crippen molar-refractivity contribution in [1.29, 1.82) is 0 Å². The third-order valence-corrected chi connectivity index (χ3v) is 3.77. The van der Waals surface area contributed by atoms with Gasteiger partial charge in [0.1, 0.15) is 4.83 Å². The van der Waals surface area contributed by atoms with Crippen molar-refractivity contribution in [3.8, 4) is 5.69 Å².